The highest BCUT2D eigenvalue weighted by molar-refractivity contribution is 7.16. The van der Waals surface area contributed by atoms with E-state index in [0.29, 0.717) is 27.2 Å². The van der Waals surface area contributed by atoms with Gasteiger partial charge in [-0.1, -0.05) is 0 Å². The Bertz CT molecular complexity index is 707. The van der Waals surface area contributed by atoms with Gasteiger partial charge in [0.25, 0.3) is 5.92 Å². The van der Waals surface area contributed by atoms with Crippen molar-refractivity contribution in [3.8, 4) is 10.6 Å². The number of nitrogens with zero attached hydrogens (tertiary/aromatic N) is 2. The molecule has 0 saturated heterocycles. The molecule has 0 aromatic carbocycles. The van der Waals surface area contributed by atoms with Crippen molar-refractivity contribution in [2.75, 3.05) is 6.61 Å². The van der Waals surface area contributed by atoms with Gasteiger partial charge in [0.15, 0.2) is 0 Å². The first-order chi connectivity index (χ1) is 10.6. The normalized spacial score (nSPS) is 13.0. The number of rotatable bonds is 4. The molecule has 3 nitrogen and oxygen atoms in total. The van der Waals surface area contributed by atoms with Crippen LogP contribution in [0.5, 0.6) is 0 Å². The zero-order valence-corrected chi connectivity index (χ0v) is 12.6. The molecule has 0 aliphatic carbocycles. The number of pyridine rings is 1. The van der Waals surface area contributed by atoms with Crippen molar-refractivity contribution >= 4 is 17.4 Å². The third-order valence-electron chi connectivity index (χ3n) is 2.82. The molecule has 0 unspecified atom stereocenters. The van der Waals surface area contributed by atoms with Crippen molar-refractivity contribution in [1.29, 1.82) is 0 Å². The molecule has 124 valence electrons. The van der Waals surface area contributed by atoms with Crippen molar-refractivity contribution in [1.82, 2.24) is 9.97 Å². The second kappa shape index (κ2) is 6.32. The third kappa shape index (κ3) is 4.32. The van der Waals surface area contributed by atoms with Crippen LogP contribution in [-0.2, 0) is 6.18 Å². The maximum atomic E-state index is 13.0. The molecule has 0 aliphatic rings. The van der Waals surface area contributed by atoms with Crippen LogP contribution in [0.2, 0.25) is 0 Å². The van der Waals surface area contributed by atoms with Crippen LogP contribution in [0.3, 0.4) is 0 Å². The summed E-state index contributed by atoms with van der Waals surface area (Å²) in [5.41, 5.74) is -0.202. The summed E-state index contributed by atoms with van der Waals surface area (Å²) in [4.78, 5) is 7.90. The Kier molecular flexibility index (Phi) is 4.81. The molecule has 0 aliphatic heterocycles. The second-order valence-corrected chi connectivity index (χ2v) is 5.68. The fourth-order valence-corrected chi connectivity index (χ4v) is 2.58. The van der Waals surface area contributed by atoms with E-state index in [4.69, 9.17) is 5.11 Å². The minimum absolute atomic E-state index is 0.361. The molecule has 0 atom stereocenters. The molecule has 0 fully saturated rings. The van der Waals surface area contributed by atoms with Gasteiger partial charge in [0.05, 0.1) is 10.6 Å². The molecule has 0 amide bonds. The summed E-state index contributed by atoms with van der Waals surface area (Å²) in [6.07, 6.45) is -1.80. The van der Waals surface area contributed by atoms with E-state index >= 15 is 0 Å². The summed E-state index contributed by atoms with van der Waals surface area (Å²) in [7, 11) is 0. The highest BCUT2D eigenvalue weighted by Crippen LogP contribution is 2.32. The van der Waals surface area contributed by atoms with Gasteiger partial charge in [0.2, 0.25) is 0 Å². The summed E-state index contributed by atoms with van der Waals surface area (Å²) >= 11 is 1.04. The minimum atomic E-state index is -4.53. The number of aromatic nitrogens is 2. The molecule has 23 heavy (non-hydrogen) atoms. The van der Waals surface area contributed by atoms with Crippen molar-refractivity contribution in [3.05, 3.63) is 40.7 Å². The van der Waals surface area contributed by atoms with E-state index in [9.17, 15) is 22.0 Å². The summed E-state index contributed by atoms with van der Waals surface area (Å²) in [5, 5.41) is 8.87. The molecular weight excluding hydrogens is 339 g/mol. The highest BCUT2D eigenvalue weighted by atomic mass is 32.1. The van der Waals surface area contributed by atoms with Gasteiger partial charge in [0, 0.05) is 11.8 Å². The van der Waals surface area contributed by atoms with Gasteiger partial charge in [-0.05, 0) is 31.2 Å². The Hall–Kier alpha value is -1.87. The van der Waals surface area contributed by atoms with E-state index in [1.54, 1.807) is 6.92 Å². The predicted octanol–water partition coefficient (Wildman–Crippen LogP) is 4.17. The zero-order valence-electron chi connectivity index (χ0n) is 11.7. The first-order valence-corrected chi connectivity index (χ1v) is 7.13. The Morgan fingerprint density at radius 3 is 2.43 bits per heavy atom. The number of hydrogen-bond donors (Lipinski definition) is 1. The molecule has 0 saturated carbocycles. The molecule has 2 aromatic heterocycles. The number of aliphatic hydroxyl groups is 1. The van der Waals surface area contributed by atoms with Gasteiger partial charge in [-0.3, -0.25) is 4.98 Å². The van der Waals surface area contributed by atoms with Crippen LogP contribution in [0.25, 0.3) is 16.6 Å². The molecule has 2 heterocycles. The maximum absolute atomic E-state index is 13.0. The van der Waals surface area contributed by atoms with Crippen LogP contribution < -0.4 is 0 Å². The standard InChI is InChI=1S/C14H11F5N2OS/c1-8-10(4-5-13(15,16)7-22)23-12(21-8)9-2-3-11(20-6-9)14(17,18)19/h2-6,22H,7H2,1H3. The first-order valence-electron chi connectivity index (χ1n) is 6.31. The SMILES string of the molecule is Cc1nc(-c2ccc(C(F)(F)F)nc2)sc1C=CC(F)(F)CO. The third-order valence-corrected chi connectivity index (χ3v) is 3.99. The molecule has 2 aromatic rings. The van der Waals surface area contributed by atoms with Crippen LogP contribution in [0, 0.1) is 6.92 Å². The van der Waals surface area contributed by atoms with Gasteiger partial charge >= 0.3 is 6.18 Å². The largest absolute Gasteiger partial charge is 0.433 e. The van der Waals surface area contributed by atoms with Gasteiger partial charge in [-0.2, -0.15) is 22.0 Å². The summed E-state index contributed by atoms with van der Waals surface area (Å²) in [5.74, 6) is -3.34. The highest BCUT2D eigenvalue weighted by Gasteiger charge is 2.32. The molecule has 0 radical (unpaired) electrons. The monoisotopic (exact) mass is 350 g/mol. The molecule has 0 spiro atoms. The van der Waals surface area contributed by atoms with E-state index in [0.717, 1.165) is 29.7 Å². The lowest BCUT2D eigenvalue weighted by atomic mass is 10.2. The number of alkyl halides is 5. The Morgan fingerprint density at radius 2 is 1.91 bits per heavy atom. The number of aryl methyl sites for hydroxylation is 1. The van der Waals surface area contributed by atoms with E-state index < -0.39 is 24.4 Å². The van der Waals surface area contributed by atoms with Gasteiger partial charge in [0.1, 0.15) is 17.3 Å². The van der Waals surface area contributed by atoms with Crippen LogP contribution >= 0.6 is 11.3 Å². The molecule has 9 heteroatoms. The van der Waals surface area contributed by atoms with Crippen LogP contribution in [0.4, 0.5) is 22.0 Å². The lowest BCUT2D eigenvalue weighted by Gasteiger charge is -2.05. The summed E-state index contributed by atoms with van der Waals surface area (Å²) < 4.78 is 63.4. The lowest BCUT2D eigenvalue weighted by Crippen LogP contribution is -2.17. The zero-order chi connectivity index (χ0) is 17.3. The average molecular weight is 350 g/mol. The molecule has 2 rings (SSSR count). The van der Waals surface area contributed by atoms with E-state index in [2.05, 4.69) is 9.97 Å². The summed E-state index contributed by atoms with van der Waals surface area (Å²) in [6.45, 7) is 0.283. The van der Waals surface area contributed by atoms with E-state index in [1.807, 2.05) is 0 Å². The van der Waals surface area contributed by atoms with Crippen molar-refractivity contribution in [2.45, 2.75) is 19.0 Å². The number of halogens is 5. The topological polar surface area (TPSA) is 46.0 Å². The fraction of sp³-hybridized carbons (Fsp3) is 0.286. The quantitative estimate of drug-likeness (QED) is 0.842. The Labute approximate surface area is 132 Å². The smallest absolute Gasteiger partial charge is 0.390 e. The maximum Gasteiger partial charge on any atom is 0.433 e. The fourth-order valence-electron chi connectivity index (χ4n) is 1.62. The van der Waals surface area contributed by atoms with Crippen molar-refractivity contribution in [2.24, 2.45) is 0 Å². The second-order valence-electron chi connectivity index (χ2n) is 4.65. The minimum Gasteiger partial charge on any atom is -0.390 e. The Balaban J connectivity index is 2.27. The average Bonchev–Trinajstić information content (AvgIpc) is 2.86. The van der Waals surface area contributed by atoms with E-state index in [-0.39, 0.29) is 0 Å². The van der Waals surface area contributed by atoms with Gasteiger partial charge in [-0.15, -0.1) is 11.3 Å². The number of aliphatic hydroxyl groups excluding tert-OH is 1. The van der Waals surface area contributed by atoms with Crippen LogP contribution in [0.15, 0.2) is 24.4 Å². The molecular formula is C14H11F5N2OS. The van der Waals surface area contributed by atoms with Gasteiger partial charge < -0.3 is 5.11 Å². The van der Waals surface area contributed by atoms with Crippen LogP contribution in [-0.4, -0.2) is 27.6 Å². The predicted molar refractivity (Wildman–Crippen MR) is 76.2 cm³/mol. The van der Waals surface area contributed by atoms with Crippen molar-refractivity contribution < 1.29 is 27.1 Å². The van der Waals surface area contributed by atoms with Crippen LogP contribution in [0.1, 0.15) is 16.3 Å². The first kappa shape index (κ1) is 17.5. The number of hydrogen-bond acceptors (Lipinski definition) is 4. The Morgan fingerprint density at radius 1 is 1.22 bits per heavy atom. The van der Waals surface area contributed by atoms with Crippen molar-refractivity contribution in [3.63, 3.8) is 0 Å². The number of thiazole rings is 1. The van der Waals surface area contributed by atoms with Gasteiger partial charge in [-0.25, -0.2) is 4.98 Å². The van der Waals surface area contributed by atoms with E-state index in [1.165, 1.54) is 6.07 Å². The lowest BCUT2D eigenvalue weighted by molar-refractivity contribution is -0.141. The molecule has 0 bridgehead atoms. The summed E-state index contributed by atoms with van der Waals surface area (Å²) in [6, 6.07) is 2.06. The molecule has 1 N–H and O–H groups in total.